The van der Waals surface area contributed by atoms with E-state index in [1.807, 2.05) is 5.01 Å². The fraction of sp³-hybridized carbons (Fsp3) is 1.00. The normalized spacial score (nSPS) is 24.2. The smallest absolute Gasteiger partial charge is 0.0569 e. The SMILES string of the molecule is CCCC(O)C1CCN(N)CC1. The minimum Gasteiger partial charge on any atom is -0.393 e. The zero-order chi connectivity index (χ0) is 8.97. The third kappa shape index (κ3) is 2.73. The zero-order valence-corrected chi connectivity index (χ0v) is 7.87. The Hall–Kier alpha value is -0.120. The van der Waals surface area contributed by atoms with Gasteiger partial charge in [0.15, 0.2) is 0 Å². The van der Waals surface area contributed by atoms with Gasteiger partial charge in [0.25, 0.3) is 0 Å². The molecule has 3 nitrogen and oxygen atoms in total. The van der Waals surface area contributed by atoms with E-state index in [0.717, 1.165) is 38.8 Å². The van der Waals surface area contributed by atoms with E-state index in [2.05, 4.69) is 6.92 Å². The molecule has 1 unspecified atom stereocenters. The van der Waals surface area contributed by atoms with Crippen LogP contribution >= 0.6 is 0 Å². The average Bonchev–Trinajstić information content (AvgIpc) is 2.06. The van der Waals surface area contributed by atoms with Crippen molar-refractivity contribution in [3.63, 3.8) is 0 Å². The highest BCUT2D eigenvalue weighted by Gasteiger charge is 2.22. The van der Waals surface area contributed by atoms with Crippen molar-refractivity contribution < 1.29 is 5.11 Å². The summed E-state index contributed by atoms with van der Waals surface area (Å²) in [6.07, 6.45) is 4.03. The van der Waals surface area contributed by atoms with Crippen LogP contribution in [0.1, 0.15) is 32.6 Å². The number of rotatable bonds is 3. The molecule has 0 spiro atoms. The first-order chi connectivity index (χ1) is 5.74. The highest BCUT2D eigenvalue weighted by Crippen LogP contribution is 2.21. The Kier molecular flexibility index (Phi) is 3.98. The minimum atomic E-state index is -0.0938. The molecule has 72 valence electrons. The molecule has 0 radical (unpaired) electrons. The summed E-state index contributed by atoms with van der Waals surface area (Å²) in [6, 6.07) is 0. The first-order valence-corrected chi connectivity index (χ1v) is 4.91. The lowest BCUT2D eigenvalue weighted by atomic mass is 9.90. The molecule has 0 bridgehead atoms. The number of nitrogens with zero attached hydrogens (tertiary/aromatic N) is 1. The monoisotopic (exact) mass is 172 g/mol. The Balaban J connectivity index is 2.24. The van der Waals surface area contributed by atoms with Gasteiger partial charge in [0.05, 0.1) is 6.10 Å². The van der Waals surface area contributed by atoms with Crippen LogP contribution in [-0.4, -0.2) is 29.3 Å². The second kappa shape index (κ2) is 4.80. The summed E-state index contributed by atoms with van der Waals surface area (Å²) in [6.45, 7) is 3.98. The lowest BCUT2D eigenvalue weighted by molar-refractivity contribution is 0.0532. The third-order valence-electron chi connectivity index (χ3n) is 2.70. The highest BCUT2D eigenvalue weighted by atomic mass is 16.3. The Labute approximate surface area is 74.5 Å². The fourth-order valence-electron chi connectivity index (χ4n) is 1.84. The molecule has 3 N–H and O–H groups in total. The standard InChI is InChI=1S/C9H20N2O/c1-2-3-9(12)8-4-6-11(10)7-5-8/h8-9,12H,2-7,10H2,1H3. The molecular weight excluding hydrogens is 152 g/mol. The van der Waals surface area contributed by atoms with Crippen LogP contribution < -0.4 is 5.84 Å². The Bertz CT molecular complexity index is 122. The van der Waals surface area contributed by atoms with Gasteiger partial charge in [0.1, 0.15) is 0 Å². The van der Waals surface area contributed by atoms with E-state index in [1.54, 1.807) is 0 Å². The first-order valence-electron chi connectivity index (χ1n) is 4.91. The van der Waals surface area contributed by atoms with Gasteiger partial charge in [0.2, 0.25) is 0 Å². The minimum absolute atomic E-state index is 0.0938. The van der Waals surface area contributed by atoms with Crippen LogP contribution in [0, 0.1) is 5.92 Å². The predicted octanol–water partition coefficient (Wildman–Crippen LogP) is 0.733. The van der Waals surface area contributed by atoms with E-state index >= 15 is 0 Å². The van der Waals surface area contributed by atoms with Crippen LogP contribution in [0.4, 0.5) is 0 Å². The third-order valence-corrected chi connectivity index (χ3v) is 2.70. The van der Waals surface area contributed by atoms with Gasteiger partial charge in [0, 0.05) is 13.1 Å². The number of aliphatic hydroxyl groups is 1. The number of aliphatic hydroxyl groups excluding tert-OH is 1. The molecule has 1 heterocycles. The number of piperidine rings is 1. The van der Waals surface area contributed by atoms with Gasteiger partial charge in [-0.25, -0.2) is 5.01 Å². The van der Waals surface area contributed by atoms with Gasteiger partial charge >= 0.3 is 0 Å². The molecule has 3 heteroatoms. The Morgan fingerprint density at radius 3 is 2.58 bits per heavy atom. The van der Waals surface area contributed by atoms with Crippen LogP contribution in [0.3, 0.4) is 0 Å². The summed E-state index contributed by atoms with van der Waals surface area (Å²) < 4.78 is 0. The van der Waals surface area contributed by atoms with Crippen molar-refractivity contribution >= 4 is 0 Å². The maximum absolute atomic E-state index is 9.70. The molecule has 1 aliphatic heterocycles. The largest absolute Gasteiger partial charge is 0.393 e. The van der Waals surface area contributed by atoms with Crippen LogP contribution in [-0.2, 0) is 0 Å². The van der Waals surface area contributed by atoms with Gasteiger partial charge in [-0.05, 0) is 25.2 Å². The molecule has 1 fully saturated rings. The lowest BCUT2D eigenvalue weighted by Gasteiger charge is -2.31. The van der Waals surface area contributed by atoms with Gasteiger partial charge in [-0.15, -0.1) is 0 Å². The number of nitrogens with two attached hydrogens (primary N) is 1. The topological polar surface area (TPSA) is 49.5 Å². The molecule has 1 rings (SSSR count). The molecule has 0 aliphatic carbocycles. The molecule has 0 aromatic heterocycles. The van der Waals surface area contributed by atoms with Gasteiger partial charge in [-0.2, -0.15) is 0 Å². The maximum atomic E-state index is 9.70. The number of hydrogen-bond acceptors (Lipinski definition) is 3. The second-order valence-electron chi connectivity index (χ2n) is 3.73. The predicted molar refractivity (Wildman–Crippen MR) is 49.4 cm³/mol. The molecule has 0 aromatic rings. The van der Waals surface area contributed by atoms with Crippen LogP contribution in [0.25, 0.3) is 0 Å². The van der Waals surface area contributed by atoms with Crippen molar-refractivity contribution in [2.75, 3.05) is 13.1 Å². The molecule has 0 saturated carbocycles. The molecule has 0 aromatic carbocycles. The van der Waals surface area contributed by atoms with E-state index in [0.29, 0.717) is 5.92 Å². The molecule has 1 atom stereocenters. The van der Waals surface area contributed by atoms with E-state index in [4.69, 9.17) is 5.84 Å². The van der Waals surface area contributed by atoms with Crippen molar-refractivity contribution in [2.45, 2.75) is 38.7 Å². The molecule has 1 saturated heterocycles. The summed E-state index contributed by atoms with van der Waals surface area (Å²) in [5.41, 5.74) is 0. The zero-order valence-electron chi connectivity index (χ0n) is 7.87. The van der Waals surface area contributed by atoms with E-state index in [9.17, 15) is 5.11 Å². The van der Waals surface area contributed by atoms with Gasteiger partial charge < -0.3 is 5.11 Å². The molecule has 1 aliphatic rings. The summed E-state index contributed by atoms with van der Waals surface area (Å²) in [5.74, 6) is 6.11. The van der Waals surface area contributed by atoms with E-state index in [-0.39, 0.29) is 6.10 Å². The second-order valence-corrected chi connectivity index (χ2v) is 3.73. The fourth-order valence-corrected chi connectivity index (χ4v) is 1.84. The van der Waals surface area contributed by atoms with Crippen molar-refractivity contribution in [1.29, 1.82) is 0 Å². The molecule has 0 amide bonds. The average molecular weight is 172 g/mol. The number of hydrogen-bond donors (Lipinski definition) is 2. The van der Waals surface area contributed by atoms with E-state index < -0.39 is 0 Å². The van der Waals surface area contributed by atoms with Gasteiger partial charge in [-0.3, -0.25) is 5.84 Å². The Morgan fingerprint density at radius 2 is 2.08 bits per heavy atom. The van der Waals surface area contributed by atoms with E-state index in [1.165, 1.54) is 0 Å². The Morgan fingerprint density at radius 1 is 1.50 bits per heavy atom. The summed E-state index contributed by atoms with van der Waals surface area (Å²) in [7, 11) is 0. The summed E-state index contributed by atoms with van der Waals surface area (Å²) in [5, 5.41) is 11.5. The van der Waals surface area contributed by atoms with Crippen LogP contribution in [0.15, 0.2) is 0 Å². The quantitative estimate of drug-likeness (QED) is 0.617. The van der Waals surface area contributed by atoms with Crippen LogP contribution in [0.5, 0.6) is 0 Å². The molecule has 12 heavy (non-hydrogen) atoms. The van der Waals surface area contributed by atoms with Crippen molar-refractivity contribution in [2.24, 2.45) is 11.8 Å². The highest BCUT2D eigenvalue weighted by molar-refractivity contribution is 4.74. The molecular formula is C9H20N2O. The first kappa shape index (κ1) is 9.96. The van der Waals surface area contributed by atoms with Crippen LogP contribution in [0.2, 0.25) is 0 Å². The summed E-state index contributed by atoms with van der Waals surface area (Å²) in [4.78, 5) is 0. The lowest BCUT2D eigenvalue weighted by Crippen LogP contribution is -2.41. The van der Waals surface area contributed by atoms with Crippen molar-refractivity contribution in [3.8, 4) is 0 Å². The maximum Gasteiger partial charge on any atom is 0.0569 e. The van der Waals surface area contributed by atoms with Crippen molar-refractivity contribution in [1.82, 2.24) is 5.01 Å². The van der Waals surface area contributed by atoms with Gasteiger partial charge in [-0.1, -0.05) is 13.3 Å². The van der Waals surface area contributed by atoms with Crippen molar-refractivity contribution in [3.05, 3.63) is 0 Å². The number of hydrazine groups is 1. The summed E-state index contributed by atoms with van der Waals surface area (Å²) >= 11 is 0.